The van der Waals surface area contributed by atoms with Gasteiger partial charge in [-0.05, 0) is 47.2 Å². The predicted molar refractivity (Wildman–Crippen MR) is 81.6 cm³/mol. The standard InChI is InChI=1S/C13H17ClINO/c1-2-3-4-5-6-13(17)16-12-8-7-10(14)9-11(12)15/h7-9H,2-6H2,1H3,(H,16,17). The molecule has 0 atom stereocenters. The number of carbonyl (C=O) groups excluding carboxylic acids is 1. The fraction of sp³-hybridized carbons (Fsp3) is 0.462. The molecule has 17 heavy (non-hydrogen) atoms. The van der Waals surface area contributed by atoms with Gasteiger partial charge in [0, 0.05) is 15.0 Å². The second-order valence-corrected chi connectivity index (χ2v) is 5.58. The second kappa shape index (κ2) is 7.93. The number of hydrogen-bond acceptors (Lipinski definition) is 1. The van der Waals surface area contributed by atoms with Crippen molar-refractivity contribution in [3.63, 3.8) is 0 Å². The molecular weight excluding hydrogens is 349 g/mol. The summed E-state index contributed by atoms with van der Waals surface area (Å²) < 4.78 is 0.969. The highest BCUT2D eigenvalue weighted by Crippen LogP contribution is 2.22. The van der Waals surface area contributed by atoms with Crippen molar-refractivity contribution in [3.05, 3.63) is 26.8 Å². The highest BCUT2D eigenvalue weighted by atomic mass is 127. The highest BCUT2D eigenvalue weighted by molar-refractivity contribution is 14.1. The molecule has 94 valence electrons. The molecular formula is C13H17ClINO. The van der Waals surface area contributed by atoms with Gasteiger partial charge in [-0.2, -0.15) is 0 Å². The molecule has 0 aliphatic carbocycles. The van der Waals surface area contributed by atoms with Gasteiger partial charge in [0.15, 0.2) is 0 Å². The summed E-state index contributed by atoms with van der Waals surface area (Å²) in [7, 11) is 0. The summed E-state index contributed by atoms with van der Waals surface area (Å²) in [5.41, 5.74) is 0.843. The Balaban J connectivity index is 2.40. The van der Waals surface area contributed by atoms with Gasteiger partial charge < -0.3 is 5.32 Å². The zero-order valence-corrected chi connectivity index (χ0v) is 12.8. The van der Waals surface area contributed by atoms with Crippen LogP contribution < -0.4 is 5.32 Å². The quantitative estimate of drug-likeness (QED) is 0.566. The lowest BCUT2D eigenvalue weighted by atomic mass is 10.1. The van der Waals surface area contributed by atoms with Crippen LogP contribution >= 0.6 is 34.2 Å². The molecule has 0 radical (unpaired) electrons. The molecule has 2 nitrogen and oxygen atoms in total. The van der Waals surface area contributed by atoms with Crippen LogP contribution in [0.4, 0.5) is 5.69 Å². The maximum absolute atomic E-state index is 11.7. The summed E-state index contributed by atoms with van der Waals surface area (Å²) in [5, 5.41) is 3.60. The SMILES string of the molecule is CCCCCCC(=O)Nc1ccc(Cl)cc1I. The molecule has 0 fully saturated rings. The van der Waals surface area contributed by atoms with E-state index in [9.17, 15) is 4.79 Å². The average molecular weight is 366 g/mol. The van der Waals surface area contributed by atoms with Crippen LogP contribution in [0.2, 0.25) is 5.02 Å². The van der Waals surface area contributed by atoms with Crippen LogP contribution in [0, 0.1) is 3.57 Å². The van der Waals surface area contributed by atoms with Gasteiger partial charge in [0.2, 0.25) is 5.91 Å². The first-order chi connectivity index (χ1) is 8.13. The Morgan fingerprint density at radius 2 is 2.12 bits per heavy atom. The van der Waals surface area contributed by atoms with Gasteiger partial charge in [-0.25, -0.2) is 0 Å². The summed E-state index contributed by atoms with van der Waals surface area (Å²) in [6, 6.07) is 5.47. The monoisotopic (exact) mass is 365 g/mol. The first kappa shape index (κ1) is 14.8. The fourth-order valence-electron chi connectivity index (χ4n) is 1.52. The van der Waals surface area contributed by atoms with Crippen LogP contribution in [-0.4, -0.2) is 5.91 Å². The van der Waals surface area contributed by atoms with Crippen LogP contribution in [-0.2, 0) is 4.79 Å². The smallest absolute Gasteiger partial charge is 0.224 e. The van der Waals surface area contributed by atoms with E-state index in [0.29, 0.717) is 11.4 Å². The number of amides is 1. The Kier molecular flexibility index (Phi) is 6.89. The summed E-state index contributed by atoms with van der Waals surface area (Å²) in [6.07, 6.45) is 5.08. The summed E-state index contributed by atoms with van der Waals surface area (Å²) >= 11 is 8.03. The number of hydrogen-bond donors (Lipinski definition) is 1. The third-order valence-corrected chi connectivity index (χ3v) is 3.59. The van der Waals surface area contributed by atoms with E-state index in [0.717, 1.165) is 22.1 Å². The molecule has 0 heterocycles. The lowest BCUT2D eigenvalue weighted by Crippen LogP contribution is -2.11. The van der Waals surface area contributed by atoms with Crippen LogP contribution in [0.25, 0.3) is 0 Å². The minimum absolute atomic E-state index is 0.0846. The van der Waals surface area contributed by atoms with Crippen molar-refractivity contribution >= 4 is 45.8 Å². The molecule has 1 aromatic carbocycles. The minimum atomic E-state index is 0.0846. The van der Waals surface area contributed by atoms with E-state index in [4.69, 9.17) is 11.6 Å². The first-order valence-electron chi connectivity index (χ1n) is 5.88. The van der Waals surface area contributed by atoms with E-state index in [2.05, 4.69) is 34.8 Å². The van der Waals surface area contributed by atoms with Crippen molar-refractivity contribution in [1.29, 1.82) is 0 Å². The third-order valence-electron chi connectivity index (χ3n) is 2.46. The van der Waals surface area contributed by atoms with E-state index < -0.39 is 0 Å². The largest absolute Gasteiger partial charge is 0.325 e. The molecule has 0 bridgehead atoms. The zero-order chi connectivity index (χ0) is 12.7. The van der Waals surface area contributed by atoms with Gasteiger partial charge in [0.05, 0.1) is 5.69 Å². The number of halogens is 2. The van der Waals surface area contributed by atoms with Gasteiger partial charge in [0.1, 0.15) is 0 Å². The van der Waals surface area contributed by atoms with E-state index in [1.54, 1.807) is 6.07 Å². The summed E-state index contributed by atoms with van der Waals surface area (Å²) in [6.45, 7) is 2.16. The Morgan fingerprint density at radius 3 is 2.76 bits per heavy atom. The van der Waals surface area contributed by atoms with E-state index in [1.807, 2.05) is 12.1 Å². The Hall–Kier alpha value is -0.290. The van der Waals surface area contributed by atoms with Crippen molar-refractivity contribution in [2.45, 2.75) is 39.0 Å². The first-order valence-corrected chi connectivity index (χ1v) is 7.34. The average Bonchev–Trinajstić information content (AvgIpc) is 2.28. The maximum atomic E-state index is 11.7. The molecule has 0 aromatic heterocycles. The van der Waals surface area contributed by atoms with E-state index in [1.165, 1.54) is 12.8 Å². The molecule has 0 saturated heterocycles. The summed E-state index contributed by atoms with van der Waals surface area (Å²) in [4.78, 5) is 11.7. The Bertz CT molecular complexity index is 382. The number of unbranched alkanes of at least 4 members (excludes halogenated alkanes) is 3. The minimum Gasteiger partial charge on any atom is -0.325 e. The van der Waals surface area contributed by atoms with Crippen LogP contribution in [0.5, 0.6) is 0 Å². The van der Waals surface area contributed by atoms with Gasteiger partial charge >= 0.3 is 0 Å². The van der Waals surface area contributed by atoms with Crippen molar-refractivity contribution in [1.82, 2.24) is 0 Å². The van der Waals surface area contributed by atoms with Crippen LogP contribution in [0.15, 0.2) is 18.2 Å². The molecule has 0 aliphatic heterocycles. The number of anilines is 1. The highest BCUT2D eigenvalue weighted by Gasteiger charge is 2.05. The Morgan fingerprint density at radius 1 is 1.35 bits per heavy atom. The molecule has 1 amide bonds. The normalized spacial score (nSPS) is 10.3. The van der Waals surface area contributed by atoms with Crippen molar-refractivity contribution < 1.29 is 4.79 Å². The Labute approximate surface area is 121 Å². The molecule has 0 saturated carbocycles. The topological polar surface area (TPSA) is 29.1 Å². The molecule has 0 aliphatic rings. The number of benzene rings is 1. The molecule has 0 unspecified atom stereocenters. The number of nitrogens with one attached hydrogen (secondary N) is 1. The van der Waals surface area contributed by atoms with Gasteiger partial charge in [-0.15, -0.1) is 0 Å². The van der Waals surface area contributed by atoms with Gasteiger partial charge in [-0.3, -0.25) is 4.79 Å². The van der Waals surface area contributed by atoms with Crippen molar-refractivity contribution in [2.24, 2.45) is 0 Å². The lowest BCUT2D eigenvalue weighted by Gasteiger charge is -2.07. The zero-order valence-electron chi connectivity index (χ0n) is 9.93. The molecule has 0 spiro atoms. The van der Waals surface area contributed by atoms with E-state index in [-0.39, 0.29) is 5.91 Å². The second-order valence-electron chi connectivity index (χ2n) is 3.98. The third kappa shape index (κ3) is 5.73. The molecule has 1 aromatic rings. The van der Waals surface area contributed by atoms with Crippen molar-refractivity contribution in [2.75, 3.05) is 5.32 Å². The van der Waals surface area contributed by atoms with Crippen molar-refractivity contribution in [3.8, 4) is 0 Å². The van der Waals surface area contributed by atoms with Crippen LogP contribution in [0.3, 0.4) is 0 Å². The van der Waals surface area contributed by atoms with Gasteiger partial charge in [0.25, 0.3) is 0 Å². The van der Waals surface area contributed by atoms with Gasteiger partial charge in [-0.1, -0.05) is 37.8 Å². The molecule has 1 rings (SSSR count). The lowest BCUT2D eigenvalue weighted by molar-refractivity contribution is -0.116. The fourth-order valence-corrected chi connectivity index (χ4v) is 2.52. The number of carbonyl (C=O) groups is 1. The molecule has 4 heteroatoms. The van der Waals surface area contributed by atoms with Crippen LogP contribution in [0.1, 0.15) is 39.0 Å². The summed E-state index contributed by atoms with van der Waals surface area (Å²) in [5.74, 6) is 0.0846. The van der Waals surface area contributed by atoms with E-state index >= 15 is 0 Å². The predicted octanol–water partition coefficient (Wildman–Crippen LogP) is 4.85. The number of rotatable bonds is 6. The molecule has 1 N–H and O–H groups in total. The maximum Gasteiger partial charge on any atom is 0.224 e.